The maximum Gasteiger partial charge on any atom is 0.168 e. The molecule has 2 rings (SSSR count). The summed E-state index contributed by atoms with van der Waals surface area (Å²) in [6.45, 7) is 8.12. The van der Waals surface area contributed by atoms with Gasteiger partial charge in [0.25, 0.3) is 0 Å². The molecule has 6 heteroatoms. The van der Waals surface area contributed by atoms with Crippen molar-refractivity contribution in [1.29, 1.82) is 0 Å². The molecule has 126 valence electrons. The van der Waals surface area contributed by atoms with Gasteiger partial charge in [-0.1, -0.05) is 0 Å². The Bertz CT molecular complexity index is 588. The number of rotatable bonds is 5. The zero-order chi connectivity index (χ0) is 17.2. The van der Waals surface area contributed by atoms with Crippen LogP contribution < -0.4 is 15.4 Å². The highest BCUT2D eigenvalue weighted by molar-refractivity contribution is 5.50. The van der Waals surface area contributed by atoms with Crippen LogP contribution in [0.1, 0.15) is 27.7 Å². The van der Waals surface area contributed by atoms with Crippen LogP contribution in [-0.4, -0.2) is 34.3 Å². The smallest absolute Gasteiger partial charge is 0.168 e. The van der Waals surface area contributed by atoms with Crippen LogP contribution in [0.2, 0.25) is 0 Å². The van der Waals surface area contributed by atoms with Crippen molar-refractivity contribution in [2.45, 2.75) is 39.8 Å². The average molecular weight is 318 g/mol. The molecule has 0 fully saturated rings. The lowest BCUT2D eigenvalue weighted by molar-refractivity contribution is 0.414. The van der Waals surface area contributed by atoms with Crippen LogP contribution in [0.4, 0.5) is 11.6 Å². The molecule has 2 aromatic heterocycles. The molecule has 0 unspecified atom stereocenters. The molecule has 6 nitrogen and oxygen atoms in total. The molecule has 0 aromatic carbocycles. The largest absolute Gasteiger partial charge is 0.504 e. The summed E-state index contributed by atoms with van der Waals surface area (Å²) in [5.74, 6) is 2.32. The fourth-order valence-electron chi connectivity index (χ4n) is 1.72. The third-order valence-corrected chi connectivity index (χ3v) is 2.63. The predicted octanol–water partition coefficient (Wildman–Crippen LogP) is 3.52. The first-order valence-corrected chi connectivity index (χ1v) is 7.60. The third kappa shape index (κ3) is 6.86. The van der Waals surface area contributed by atoms with E-state index in [4.69, 9.17) is 4.74 Å². The molecule has 23 heavy (non-hydrogen) atoms. The second kappa shape index (κ2) is 9.50. The van der Waals surface area contributed by atoms with Gasteiger partial charge in [0.1, 0.15) is 0 Å². The van der Waals surface area contributed by atoms with Crippen molar-refractivity contribution in [3.05, 3.63) is 36.7 Å². The van der Waals surface area contributed by atoms with E-state index in [0.717, 1.165) is 11.6 Å². The van der Waals surface area contributed by atoms with Crippen molar-refractivity contribution < 1.29 is 9.84 Å². The molecule has 0 radical (unpaired) electrons. The molecule has 0 amide bonds. The van der Waals surface area contributed by atoms with Crippen molar-refractivity contribution >= 4 is 11.6 Å². The third-order valence-electron chi connectivity index (χ3n) is 2.63. The molecule has 0 atom stereocenters. The van der Waals surface area contributed by atoms with Crippen LogP contribution in [-0.2, 0) is 0 Å². The van der Waals surface area contributed by atoms with Crippen LogP contribution in [0, 0.1) is 0 Å². The SMILES string of the molecule is CC(C)Nc1ncccc1O.COc1cccnc1NC(C)C. The summed E-state index contributed by atoms with van der Waals surface area (Å²) < 4.78 is 5.12. The quantitative estimate of drug-likeness (QED) is 0.783. The van der Waals surface area contributed by atoms with Gasteiger partial charge in [0, 0.05) is 24.5 Å². The summed E-state index contributed by atoms with van der Waals surface area (Å²) in [5.41, 5.74) is 0. The Morgan fingerprint density at radius 3 is 1.96 bits per heavy atom. The van der Waals surface area contributed by atoms with E-state index in [1.807, 2.05) is 26.0 Å². The van der Waals surface area contributed by atoms with Gasteiger partial charge in [0.05, 0.1) is 7.11 Å². The van der Waals surface area contributed by atoms with Gasteiger partial charge in [-0.3, -0.25) is 0 Å². The molecular formula is C17H26N4O2. The molecule has 0 aliphatic rings. The van der Waals surface area contributed by atoms with E-state index in [2.05, 4.69) is 34.4 Å². The minimum Gasteiger partial charge on any atom is -0.504 e. The zero-order valence-corrected chi connectivity index (χ0v) is 14.4. The minimum absolute atomic E-state index is 0.196. The van der Waals surface area contributed by atoms with Gasteiger partial charge in [-0.15, -0.1) is 0 Å². The molecule has 0 spiro atoms. The molecule has 2 aromatic rings. The second-order valence-electron chi connectivity index (χ2n) is 5.52. The van der Waals surface area contributed by atoms with E-state index in [1.54, 1.807) is 31.6 Å². The van der Waals surface area contributed by atoms with Crippen molar-refractivity contribution in [3.63, 3.8) is 0 Å². The van der Waals surface area contributed by atoms with Gasteiger partial charge in [-0.2, -0.15) is 0 Å². The monoisotopic (exact) mass is 318 g/mol. The lowest BCUT2D eigenvalue weighted by Crippen LogP contribution is -2.11. The van der Waals surface area contributed by atoms with Gasteiger partial charge in [-0.25, -0.2) is 9.97 Å². The van der Waals surface area contributed by atoms with Crippen LogP contribution in [0.15, 0.2) is 36.7 Å². The molecule has 0 saturated heterocycles. The number of methoxy groups -OCH3 is 1. The molecule has 0 saturated carbocycles. The zero-order valence-electron chi connectivity index (χ0n) is 14.4. The van der Waals surface area contributed by atoms with Gasteiger partial charge in [-0.05, 0) is 52.0 Å². The van der Waals surface area contributed by atoms with Crippen LogP contribution in [0.25, 0.3) is 0 Å². The number of ether oxygens (including phenoxy) is 1. The van der Waals surface area contributed by atoms with E-state index >= 15 is 0 Å². The first-order chi connectivity index (χ1) is 10.9. The normalized spacial score (nSPS) is 10.0. The van der Waals surface area contributed by atoms with Crippen LogP contribution in [0.5, 0.6) is 11.5 Å². The Morgan fingerprint density at radius 1 is 0.913 bits per heavy atom. The number of anilines is 2. The lowest BCUT2D eigenvalue weighted by atomic mass is 10.3. The standard InChI is InChI=1S/C9H14N2O.C8H12N2O/c1-7(2)11-9-8(12-3)5-4-6-10-9;1-6(2)10-8-7(11)4-3-5-9-8/h4-7H,1-3H3,(H,10,11);3-6,11H,1-2H3,(H,9,10). The van der Waals surface area contributed by atoms with Crippen molar-refractivity contribution in [2.24, 2.45) is 0 Å². The number of aromatic hydroxyl groups is 1. The summed E-state index contributed by atoms with van der Waals surface area (Å²) in [6, 6.07) is 7.70. The summed E-state index contributed by atoms with van der Waals surface area (Å²) in [7, 11) is 1.64. The number of nitrogens with one attached hydrogen (secondary N) is 2. The second-order valence-corrected chi connectivity index (χ2v) is 5.52. The summed E-state index contributed by atoms with van der Waals surface area (Å²) >= 11 is 0. The summed E-state index contributed by atoms with van der Waals surface area (Å²) in [5, 5.41) is 15.4. The average Bonchev–Trinajstić information content (AvgIpc) is 2.50. The highest BCUT2D eigenvalue weighted by atomic mass is 16.5. The molecule has 0 aliphatic heterocycles. The molecule has 2 heterocycles. The molecule has 0 aliphatic carbocycles. The van der Waals surface area contributed by atoms with Crippen LogP contribution >= 0.6 is 0 Å². The minimum atomic E-state index is 0.196. The van der Waals surface area contributed by atoms with Crippen LogP contribution in [0.3, 0.4) is 0 Å². The van der Waals surface area contributed by atoms with E-state index in [0.29, 0.717) is 11.9 Å². The van der Waals surface area contributed by atoms with E-state index in [1.165, 1.54) is 0 Å². The van der Waals surface area contributed by atoms with Gasteiger partial charge in [0.15, 0.2) is 23.1 Å². The van der Waals surface area contributed by atoms with Gasteiger partial charge >= 0.3 is 0 Å². The topological polar surface area (TPSA) is 79.3 Å². The Morgan fingerprint density at radius 2 is 1.43 bits per heavy atom. The van der Waals surface area contributed by atoms with Gasteiger partial charge < -0.3 is 20.5 Å². The summed E-state index contributed by atoms with van der Waals surface area (Å²) in [4.78, 5) is 8.11. The molecule has 0 bridgehead atoms. The number of nitrogens with zero attached hydrogens (tertiary/aromatic N) is 2. The van der Waals surface area contributed by atoms with Crippen molar-refractivity contribution in [3.8, 4) is 11.5 Å². The van der Waals surface area contributed by atoms with E-state index in [-0.39, 0.29) is 11.8 Å². The van der Waals surface area contributed by atoms with E-state index < -0.39 is 0 Å². The fourth-order valence-corrected chi connectivity index (χ4v) is 1.72. The molecular weight excluding hydrogens is 292 g/mol. The molecule has 3 N–H and O–H groups in total. The maximum absolute atomic E-state index is 9.23. The van der Waals surface area contributed by atoms with Crippen molar-refractivity contribution in [2.75, 3.05) is 17.7 Å². The fraction of sp³-hybridized carbons (Fsp3) is 0.412. The van der Waals surface area contributed by atoms with Crippen molar-refractivity contribution in [1.82, 2.24) is 9.97 Å². The number of hydrogen-bond acceptors (Lipinski definition) is 6. The number of pyridine rings is 2. The highest BCUT2D eigenvalue weighted by Gasteiger charge is 2.03. The highest BCUT2D eigenvalue weighted by Crippen LogP contribution is 2.20. The summed E-state index contributed by atoms with van der Waals surface area (Å²) in [6.07, 6.45) is 3.39. The Labute approximate surface area is 137 Å². The first kappa shape index (κ1) is 18.5. The Balaban J connectivity index is 0.000000231. The van der Waals surface area contributed by atoms with Gasteiger partial charge in [0.2, 0.25) is 0 Å². The number of hydrogen-bond donors (Lipinski definition) is 3. The lowest BCUT2D eigenvalue weighted by Gasteiger charge is -2.11. The maximum atomic E-state index is 9.23. The Hall–Kier alpha value is -2.50. The Kier molecular flexibility index (Phi) is 7.66. The predicted molar refractivity (Wildman–Crippen MR) is 94.2 cm³/mol. The van der Waals surface area contributed by atoms with E-state index in [9.17, 15) is 5.11 Å². The first-order valence-electron chi connectivity index (χ1n) is 7.60. The number of aromatic nitrogens is 2.